The Labute approximate surface area is 143 Å². The van der Waals surface area contributed by atoms with E-state index in [1.807, 2.05) is 0 Å². The number of nitrogens with one attached hydrogen (secondary N) is 1. The molecular weight excluding hydrogens is 342 g/mol. The molecule has 146 valence electrons. The fourth-order valence-corrected chi connectivity index (χ4v) is 2.96. The third kappa shape index (κ3) is 4.27. The van der Waals surface area contributed by atoms with E-state index >= 15 is 0 Å². The van der Waals surface area contributed by atoms with Crippen LogP contribution < -0.4 is 5.32 Å². The number of ether oxygens (including phenoxy) is 3. The van der Waals surface area contributed by atoms with Crippen LogP contribution in [0.1, 0.15) is 13.8 Å². The standard InChI is InChI=1S/C14H25NO10/c1-4-7(15-5(2)17)9(19)10(20)14(23-4)25-12-8(18)6(3-16)24-13(22)11(12)21/h4,6-14,16,18-22H,3H2,1-2H3,(H,15,17)/t4-,6-,7-,8-,9+,10+,11+,12+,13-,14-/m1/s1. The van der Waals surface area contributed by atoms with Gasteiger partial charge >= 0.3 is 0 Å². The Balaban J connectivity index is 2.09. The molecule has 1 amide bonds. The average Bonchev–Trinajstić information content (AvgIpc) is 2.55. The maximum atomic E-state index is 11.2. The number of rotatable bonds is 4. The molecule has 2 aliphatic heterocycles. The van der Waals surface area contributed by atoms with Crippen molar-refractivity contribution >= 4 is 5.91 Å². The summed E-state index contributed by atoms with van der Waals surface area (Å²) in [4.78, 5) is 11.2. The van der Waals surface area contributed by atoms with Gasteiger partial charge in [0.05, 0.1) is 18.8 Å². The summed E-state index contributed by atoms with van der Waals surface area (Å²) in [6.07, 6.45) is -12.8. The van der Waals surface area contributed by atoms with Gasteiger partial charge in [-0.2, -0.15) is 0 Å². The van der Waals surface area contributed by atoms with Crippen molar-refractivity contribution in [3.8, 4) is 0 Å². The van der Waals surface area contributed by atoms with Crippen molar-refractivity contribution in [1.82, 2.24) is 5.32 Å². The van der Waals surface area contributed by atoms with Crippen LogP contribution in [0.25, 0.3) is 0 Å². The van der Waals surface area contributed by atoms with Crippen LogP contribution in [0.3, 0.4) is 0 Å². The van der Waals surface area contributed by atoms with Crippen LogP contribution in [0.4, 0.5) is 0 Å². The summed E-state index contributed by atoms with van der Waals surface area (Å²) in [7, 11) is 0. The molecule has 2 fully saturated rings. The predicted octanol–water partition coefficient (Wildman–Crippen LogP) is -4.23. The molecule has 0 aromatic carbocycles. The summed E-state index contributed by atoms with van der Waals surface area (Å²) in [5.74, 6) is -0.421. The minimum atomic E-state index is -1.72. The Hall–Kier alpha value is -0.890. The van der Waals surface area contributed by atoms with Crippen molar-refractivity contribution in [2.45, 2.75) is 75.2 Å². The lowest BCUT2D eigenvalue weighted by Gasteiger charge is -2.45. The molecule has 10 atom stereocenters. The van der Waals surface area contributed by atoms with E-state index in [4.69, 9.17) is 19.3 Å². The van der Waals surface area contributed by atoms with E-state index in [0.29, 0.717) is 0 Å². The Kier molecular flexibility index (Phi) is 6.70. The molecule has 0 radical (unpaired) electrons. The summed E-state index contributed by atoms with van der Waals surface area (Å²) in [6, 6.07) is -0.882. The van der Waals surface area contributed by atoms with E-state index in [2.05, 4.69) is 5.32 Å². The minimum absolute atomic E-state index is 0.421. The van der Waals surface area contributed by atoms with Crippen molar-refractivity contribution in [2.75, 3.05) is 6.61 Å². The number of carbonyl (C=O) groups excluding carboxylic acids is 1. The molecular formula is C14H25NO10. The summed E-state index contributed by atoms with van der Waals surface area (Å²) in [6.45, 7) is 2.15. The van der Waals surface area contributed by atoms with Gasteiger partial charge in [-0.3, -0.25) is 4.79 Å². The lowest BCUT2D eigenvalue weighted by molar-refractivity contribution is -0.345. The predicted molar refractivity (Wildman–Crippen MR) is 78.8 cm³/mol. The van der Waals surface area contributed by atoms with Gasteiger partial charge in [-0.1, -0.05) is 0 Å². The molecule has 11 nitrogen and oxygen atoms in total. The van der Waals surface area contributed by atoms with Gasteiger partial charge in [0.1, 0.15) is 36.6 Å². The monoisotopic (exact) mass is 367 g/mol. The van der Waals surface area contributed by atoms with Crippen molar-refractivity contribution in [1.29, 1.82) is 0 Å². The van der Waals surface area contributed by atoms with E-state index in [1.165, 1.54) is 13.8 Å². The highest BCUT2D eigenvalue weighted by molar-refractivity contribution is 5.73. The Morgan fingerprint density at radius 2 is 1.68 bits per heavy atom. The van der Waals surface area contributed by atoms with Crippen LogP contribution in [0.2, 0.25) is 0 Å². The second-order valence-corrected chi connectivity index (χ2v) is 6.25. The van der Waals surface area contributed by atoms with Crippen molar-refractivity contribution in [2.24, 2.45) is 0 Å². The molecule has 2 aliphatic rings. The minimum Gasteiger partial charge on any atom is -0.394 e. The molecule has 0 aromatic heterocycles. The van der Waals surface area contributed by atoms with E-state index in [0.717, 1.165) is 0 Å². The molecule has 2 saturated heterocycles. The van der Waals surface area contributed by atoms with E-state index in [9.17, 15) is 30.3 Å². The van der Waals surface area contributed by atoms with Crippen LogP contribution in [-0.4, -0.2) is 105 Å². The number of amides is 1. The zero-order chi connectivity index (χ0) is 18.9. The largest absolute Gasteiger partial charge is 0.394 e. The zero-order valence-electron chi connectivity index (χ0n) is 13.8. The first kappa shape index (κ1) is 20.4. The number of hydrogen-bond donors (Lipinski definition) is 7. The van der Waals surface area contributed by atoms with Gasteiger partial charge < -0.3 is 50.2 Å². The highest BCUT2D eigenvalue weighted by Crippen LogP contribution is 2.28. The molecule has 0 saturated carbocycles. The fourth-order valence-electron chi connectivity index (χ4n) is 2.96. The molecule has 0 bridgehead atoms. The van der Waals surface area contributed by atoms with Crippen molar-refractivity contribution in [3.05, 3.63) is 0 Å². The molecule has 25 heavy (non-hydrogen) atoms. The topological polar surface area (TPSA) is 178 Å². The highest BCUT2D eigenvalue weighted by atomic mass is 16.7. The molecule has 11 heteroatoms. The van der Waals surface area contributed by atoms with Gasteiger partial charge in [0.2, 0.25) is 5.91 Å². The summed E-state index contributed by atoms with van der Waals surface area (Å²) in [5, 5.41) is 61.6. The molecule has 2 rings (SSSR count). The second kappa shape index (κ2) is 8.20. The molecule has 7 N–H and O–H groups in total. The second-order valence-electron chi connectivity index (χ2n) is 6.25. The van der Waals surface area contributed by atoms with Crippen LogP contribution in [0.15, 0.2) is 0 Å². The number of aliphatic hydroxyl groups is 6. The van der Waals surface area contributed by atoms with Crippen LogP contribution in [0, 0.1) is 0 Å². The third-order valence-corrected chi connectivity index (χ3v) is 4.35. The molecule has 0 aromatic rings. The Morgan fingerprint density at radius 3 is 2.24 bits per heavy atom. The Bertz CT molecular complexity index is 465. The van der Waals surface area contributed by atoms with Crippen molar-refractivity contribution < 1.29 is 49.6 Å². The summed E-state index contributed by atoms with van der Waals surface area (Å²) in [5.41, 5.74) is 0. The van der Waals surface area contributed by atoms with Crippen LogP contribution >= 0.6 is 0 Å². The van der Waals surface area contributed by atoms with Gasteiger partial charge in [-0.15, -0.1) is 0 Å². The first-order valence-corrected chi connectivity index (χ1v) is 7.92. The first-order chi connectivity index (χ1) is 11.7. The lowest BCUT2D eigenvalue weighted by Crippen LogP contribution is -2.66. The van der Waals surface area contributed by atoms with Gasteiger partial charge in [-0.05, 0) is 6.92 Å². The molecule has 0 aliphatic carbocycles. The number of carbonyl (C=O) groups is 1. The molecule has 2 heterocycles. The molecule has 0 unspecified atom stereocenters. The zero-order valence-corrected chi connectivity index (χ0v) is 13.8. The van der Waals surface area contributed by atoms with Crippen LogP contribution in [-0.2, 0) is 19.0 Å². The van der Waals surface area contributed by atoms with Crippen molar-refractivity contribution in [3.63, 3.8) is 0 Å². The quantitative estimate of drug-likeness (QED) is 0.257. The third-order valence-electron chi connectivity index (χ3n) is 4.35. The van der Waals surface area contributed by atoms with Gasteiger partial charge in [0.15, 0.2) is 12.6 Å². The summed E-state index contributed by atoms with van der Waals surface area (Å²) < 4.78 is 15.6. The fraction of sp³-hybridized carbons (Fsp3) is 0.929. The normalized spacial score (nSPS) is 48.2. The number of hydrogen-bond acceptors (Lipinski definition) is 10. The van der Waals surface area contributed by atoms with Crippen LogP contribution in [0.5, 0.6) is 0 Å². The average molecular weight is 367 g/mol. The van der Waals surface area contributed by atoms with E-state index in [1.54, 1.807) is 0 Å². The lowest BCUT2D eigenvalue weighted by atomic mass is 9.95. The maximum Gasteiger partial charge on any atom is 0.217 e. The smallest absolute Gasteiger partial charge is 0.217 e. The maximum absolute atomic E-state index is 11.2. The van der Waals surface area contributed by atoms with Gasteiger partial charge in [0, 0.05) is 6.92 Å². The van der Waals surface area contributed by atoms with E-state index in [-0.39, 0.29) is 0 Å². The highest BCUT2D eigenvalue weighted by Gasteiger charge is 2.50. The number of aliphatic hydroxyl groups excluding tert-OH is 6. The van der Waals surface area contributed by atoms with E-state index < -0.39 is 73.9 Å². The van der Waals surface area contributed by atoms with Gasteiger partial charge in [-0.25, -0.2) is 0 Å². The SMILES string of the molecule is CC(=O)N[C@H]1[C@H](O)[C@H](O)[C@@H](O[C@@H]2[C@H](O)[C@H](O)O[C@H](CO)[C@H]2O)O[C@@H]1C. The van der Waals surface area contributed by atoms with Gasteiger partial charge in [0.25, 0.3) is 0 Å². The first-order valence-electron chi connectivity index (χ1n) is 7.92. The summed E-state index contributed by atoms with van der Waals surface area (Å²) >= 11 is 0. The Morgan fingerprint density at radius 1 is 1.04 bits per heavy atom. The molecule has 0 spiro atoms.